The Labute approximate surface area is 726 Å². The van der Waals surface area contributed by atoms with Gasteiger partial charge in [0.25, 0.3) is 0 Å². The minimum absolute atomic E-state index is 0.410. The van der Waals surface area contributed by atoms with Gasteiger partial charge >= 0.3 is 0 Å². The molecule has 0 atom stereocenters. The summed E-state index contributed by atoms with van der Waals surface area (Å²) >= 11 is 3.69. The monoisotopic (exact) mass is 1640 g/mol. The van der Waals surface area contributed by atoms with Gasteiger partial charge in [-0.15, -0.1) is 22.7 Å². The zero-order valence-electron chi connectivity index (χ0n) is 67.3. The summed E-state index contributed by atoms with van der Waals surface area (Å²) < 4.78 is 22.2. The van der Waals surface area contributed by atoms with Gasteiger partial charge in [0, 0.05) is 136 Å². The van der Waals surface area contributed by atoms with Crippen molar-refractivity contribution < 1.29 is 0 Å². The summed E-state index contributed by atoms with van der Waals surface area (Å²) in [5, 5.41) is 30.6. The molecule has 0 amide bonds. The van der Waals surface area contributed by atoms with Crippen LogP contribution in [0.3, 0.4) is 0 Å². The Kier molecular flexibility index (Phi) is 14.4. The van der Waals surface area contributed by atoms with Crippen molar-refractivity contribution in [2.45, 2.75) is 6.42 Å². The molecular weight excluding hydrogens is 1580 g/mol. The number of thiophene rings is 2. The number of hydrogen-bond donors (Lipinski definition) is 0. The number of nitriles is 1. The third-order valence-electron chi connectivity index (χ3n) is 26.7. The van der Waals surface area contributed by atoms with Crippen LogP contribution < -0.4 is 0 Å². The van der Waals surface area contributed by atoms with Crippen molar-refractivity contribution in [1.29, 1.82) is 5.26 Å². The number of fused-ring (bicyclic) bond motifs is 27. The quantitative estimate of drug-likeness (QED) is 0.144. The van der Waals surface area contributed by atoms with Gasteiger partial charge < -0.3 is 32.0 Å². The van der Waals surface area contributed by atoms with Crippen molar-refractivity contribution in [2.24, 2.45) is 4.99 Å². The second-order valence-electron chi connectivity index (χ2n) is 33.1. The lowest BCUT2D eigenvalue weighted by Crippen LogP contribution is -2.19. The summed E-state index contributed by atoms with van der Waals surface area (Å²) in [6.45, 7) is 0. The van der Waals surface area contributed by atoms with Gasteiger partial charge in [0.05, 0.1) is 123 Å². The first-order chi connectivity index (χ1) is 62.5. The van der Waals surface area contributed by atoms with E-state index in [0.29, 0.717) is 23.4 Å². The number of nitrogens with zero attached hydrogens (tertiary/aromatic N) is 11. The fraction of sp³-hybridized carbons (Fsp3) is 0.00885. The molecule has 28 rings (SSSR count). The van der Waals surface area contributed by atoms with Gasteiger partial charge in [0.1, 0.15) is 11.6 Å². The maximum absolute atomic E-state index is 14.1. The third kappa shape index (κ3) is 9.49. The summed E-state index contributed by atoms with van der Waals surface area (Å²) in [7, 11) is 0. The molecular formula is C113H65N11S2. The molecule has 584 valence electrons. The Balaban J connectivity index is 0.883. The first-order valence-corrected chi connectivity index (χ1v) is 44.3. The van der Waals surface area contributed by atoms with Crippen molar-refractivity contribution in [3.63, 3.8) is 0 Å². The van der Waals surface area contributed by atoms with E-state index in [9.17, 15) is 5.26 Å². The number of aromatic nitrogens is 9. The van der Waals surface area contributed by atoms with E-state index >= 15 is 0 Å². The number of allylic oxidation sites excluding steroid dienone is 1. The van der Waals surface area contributed by atoms with Crippen LogP contribution in [-0.2, 0) is 0 Å². The lowest BCUT2D eigenvalue weighted by atomic mass is 10.00. The minimum Gasteiger partial charge on any atom is -0.309 e. The van der Waals surface area contributed by atoms with Gasteiger partial charge in [-0.2, -0.15) is 5.26 Å². The summed E-state index contributed by atoms with van der Waals surface area (Å²) in [5.74, 6) is 0. The average Bonchev–Trinajstić information content (AvgIpc) is 1.48. The van der Waals surface area contributed by atoms with E-state index in [2.05, 4.69) is 390 Å². The van der Waals surface area contributed by atoms with Gasteiger partial charge in [0.15, 0.2) is 0 Å². The molecule has 0 fully saturated rings. The van der Waals surface area contributed by atoms with Gasteiger partial charge in [0.2, 0.25) is 0 Å². The number of rotatable bonds is 9. The van der Waals surface area contributed by atoms with E-state index in [4.69, 9.17) is 15.0 Å². The number of aliphatic imine (C=N–C) groups is 1. The van der Waals surface area contributed by atoms with Gasteiger partial charge in [-0.25, -0.2) is 0 Å². The molecule has 12 heterocycles. The van der Waals surface area contributed by atoms with E-state index in [1.54, 1.807) is 0 Å². The van der Waals surface area contributed by atoms with E-state index in [1.807, 2.05) is 53.4 Å². The number of pyridine rings is 2. The molecule has 1 aliphatic rings. The van der Waals surface area contributed by atoms with Crippen LogP contribution in [0.2, 0.25) is 0 Å². The molecule has 11 nitrogen and oxygen atoms in total. The van der Waals surface area contributed by atoms with Crippen LogP contribution in [0.1, 0.15) is 17.7 Å². The van der Waals surface area contributed by atoms with Crippen LogP contribution in [-0.4, -0.2) is 48.2 Å². The first-order valence-electron chi connectivity index (χ1n) is 42.7. The lowest BCUT2D eigenvalue weighted by Gasteiger charge is -2.30. The fourth-order valence-electron chi connectivity index (χ4n) is 21.5. The van der Waals surface area contributed by atoms with Crippen LogP contribution in [0.15, 0.2) is 375 Å². The summed E-state index contributed by atoms with van der Waals surface area (Å²) in [5.41, 5.74) is 26.2. The molecule has 0 bridgehead atoms. The molecule has 1 aliphatic heterocycles. The molecule has 0 spiro atoms. The molecule has 11 aromatic heterocycles. The van der Waals surface area contributed by atoms with Crippen LogP contribution in [0.25, 0.3) is 250 Å². The van der Waals surface area contributed by atoms with Crippen LogP contribution in [0.5, 0.6) is 0 Å². The maximum atomic E-state index is 14.1. The molecule has 13 heteroatoms. The lowest BCUT2D eigenvalue weighted by molar-refractivity contribution is 0.975. The zero-order valence-corrected chi connectivity index (χ0v) is 68.9. The molecule has 0 saturated carbocycles. The van der Waals surface area contributed by atoms with Crippen LogP contribution >= 0.6 is 22.7 Å². The van der Waals surface area contributed by atoms with E-state index < -0.39 is 0 Å². The van der Waals surface area contributed by atoms with E-state index in [-0.39, 0.29) is 0 Å². The Hall–Kier alpha value is -16.5. The predicted octanol–water partition coefficient (Wildman–Crippen LogP) is 30.1. The smallest absolute Gasteiger partial charge is 0.105 e. The van der Waals surface area contributed by atoms with E-state index in [1.165, 1.54) is 61.9 Å². The maximum Gasteiger partial charge on any atom is 0.105 e. The predicted molar refractivity (Wildman–Crippen MR) is 528 cm³/mol. The topological polar surface area (TPSA) is 96.4 Å². The molecule has 0 aliphatic carbocycles. The Bertz CT molecular complexity index is 8940. The Morgan fingerprint density at radius 3 is 1.06 bits per heavy atom. The van der Waals surface area contributed by atoms with Crippen molar-refractivity contribution in [3.8, 4) is 68.1 Å². The van der Waals surface area contributed by atoms with E-state index in [0.717, 1.165) is 183 Å². The number of para-hydroxylation sites is 7. The highest BCUT2D eigenvalue weighted by Gasteiger charge is 2.38. The van der Waals surface area contributed by atoms with Crippen molar-refractivity contribution in [2.75, 3.05) is 0 Å². The SMILES string of the molecule is N#Cc1c(-n2c3ccccc3c3ncccc32)c(-n2c3ccc(-c4cccc5c4sc4ccccc45)cc3c3cc(-n4c5ccccc5c5ccccc54)ccc32)c(-n2c3c(c4ccccc42)N=CCC=C3)c(-n2c3ccc(-c4cccc5c4sc4ccccc45)cc3c3cc(-n4c5ccccc5c5ccccc54)ccc32)c1-n1c2ccccc2c2ncccc21. The number of benzene rings is 16. The molecule has 0 N–H and O–H groups in total. The molecule has 0 radical (unpaired) electrons. The van der Waals surface area contributed by atoms with Gasteiger partial charge in [-0.3, -0.25) is 15.0 Å². The van der Waals surface area contributed by atoms with Crippen LogP contribution in [0.4, 0.5) is 5.69 Å². The molecule has 0 saturated heterocycles. The van der Waals surface area contributed by atoms with Crippen molar-refractivity contribution in [3.05, 3.63) is 382 Å². The molecule has 0 unspecified atom stereocenters. The fourth-order valence-corrected chi connectivity index (χ4v) is 24.0. The van der Waals surface area contributed by atoms with Gasteiger partial charge in [-0.05, 0) is 168 Å². The highest BCUT2D eigenvalue weighted by Crippen LogP contribution is 2.55. The van der Waals surface area contributed by atoms with Crippen molar-refractivity contribution >= 4 is 223 Å². The Morgan fingerprint density at radius 2 is 0.611 bits per heavy atom. The number of hydrogen-bond acceptors (Lipinski definition) is 6. The zero-order chi connectivity index (χ0) is 82.3. The van der Waals surface area contributed by atoms with Crippen molar-refractivity contribution in [1.82, 2.24) is 41.9 Å². The third-order valence-corrected chi connectivity index (χ3v) is 29.1. The normalized spacial score (nSPS) is 12.7. The van der Waals surface area contributed by atoms with Crippen LogP contribution in [0, 0.1) is 11.3 Å². The first kappa shape index (κ1) is 69.2. The molecule has 27 aromatic rings. The largest absolute Gasteiger partial charge is 0.309 e. The summed E-state index contributed by atoms with van der Waals surface area (Å²) in [6.07, 6.45) is 11.0. The van der Waals surface area contributed by atoms with Gasteiger partial charge in [-0.1, -0.05) is 218 Å². The highest BCUT2D eigenvalue weighted by atomic mass is 32.1. The molecule has 16 aromatic carbocycles. The summed E-state index contributed by atoms with van der Waals surface area (Å²) in [4.78, 5) is 16.3. The Morgan fingerprint density at radius 1 is 0.270 bits per heavy atom. The summed E-state index contributed by atoms with van der Waals surface area (Å²) in [6, 6.07) is 133. The second kappa shape index (κ2) is 26.3. The average molecular weight is 1640 g/mol. The minimum atomic E-state index is 0.410. The molecule has 126 heavy (non-hydrogen) atoms. The standard InChI is InChI=1S/C113H65N11S2/c114-65-87-107(122-92-42-14-5-31-80(92)105-100(122)46-23-59-116-105)109(120-95-54-50-66(70-34-21-36-78-76-29-8-17-48-102(76)125-112(70)78)61-83(95)85-63-68(52-56-97(85)120)118-88-38-10-1-25-72(88)73-26-2-11-39-89(73)118)111(124-94-44-16-7-33-82(94)104-99(124)45-19-20-58-115-104)110(108(87)123-93-43-15-6-32-81(93)106-101(123)47-24-60-117-106)121-96-55-51-67(71-35-22-37-79-77-30-9-18-49-103(77)126-113(71)79)62-84(96)86-64-69(53-57-98(86)121)119-90-40-12-3-27-74(90)75-28-4-13-41-91(75)119/h1-19,21-64H,20H2. The second-order valence-corrected chi connectivity index (χ2v) is 35.2. The highest BCUT2D eigenvalue weighted by molar-refractivity contribution is 7.26.